The van der Waals surface area contributed by atoms with Crippen LogP contribution in [0.1, 0.15) is 0 Å². The molecule has 0 aliphatic rings. The summed E-state index contributed by atoms with van der Waals surface area (Å²) >= 11 is 0. The van der Waals surface area contributed by atoms with Crippen molar-refractivity contribution in [3.05, 3.63) is 24.3 Å². The Morgan fingerprint density at radius 1 is 1.25 bits per heavy atom. The van der Waals surface area contributed by atoms with Crippen LogP contribution < -0.4 is 39.5 Å². The van der Waals surface area contributed by atoms with Gasteiger partial charge in [0.25, 0.3) is 0 Å². The number of nitrogens with zero attached hydrogens (tertiary/aromatic N) is 2. The molecule has 114 valence electrons. The monoisotopic (exact) mass is 392 g/mol. The molecule has 0 bridgehead atoms. The molecule has 0 saturated carbocycles. The number of carbonyl (C=O) groups is 1. The summed E-state index contributed by atoms with van der Waals surface area (Å²) in [5.74, 6) is 0. The lowest BCUT2D eigenvalue weighted by atomic mass is 10.2. The second-order valence-corrected chi connectivity index (χ2v) is 5.84. The number of nitrogens with one attached hydrogen (secondary N) is 2. The number of rotatable bonds is 5. The number of benzene rings is 1. The van der Waals surface area contributed by atoms with E-state index in [4.69, 9.17) is 0 Å². The van der Waals surface area contributed by atoms with Crippen molar-refractivity contribution in [1.82, 2.24) is 5.32 Å². The minimum absolute atomic E-state index is 0. The van der Waals surface area contributed by atoms with Gasteiger partial charge in [0.2, 0.25) is 0 Å². The van der Waals surface area contributed by atoms with Gasteiger partial charge in [-0.25, -0.2) is 4.79 Å². The molecule has 5 nitrogen and oxygen atoms in total. The van der Waals surface area contributed by atoms with E-state index in [-0.39, 0.29) is 30.0 Å². The lowest BCUT2D eigenvalue weighted by Gasteiger charge is -2.23. The summed E-state index contributed by atoms with van der Waals surface area (Å²) < 4.78 is 0.830. The summed E-state index contributed by atoms with van der Waals surface area (Å²) in [6.45, 7) is 1.55. The average molecular weight is 392 g/mol. The van der Waals surface area contributed by atoms with Crippen molar-refractivity contribution in [2.75, 3.05) is 58.5 Å². The molecule has 2 N–H and O–H groups in total. The quantitative estimate of drug-likeness (QED) is 0.478. The number of hydrogen-bond donors (Lipinski definition) is 2. The summed E-state index contributed by atoms with van der Waals surface area (Å²) in [7, 11) is 10.2. The molecule has 1 rings (SSSR count). The lowest BCUT2D eigenvalue weighted by molar-refractivity contribution is -0.869. The van der Waals surface area contributed by atoms with E-state index in [1.54, 1.807) is 0 Å². The van der Waals surface area contributed by atoms with Crippen LogP contribution in [-0.2, 0) is 0 Å². The second kappa shape index (κ2) is 8.31. The highest BCUT2D eigenvalue weighted by Gasteiger charge is 2.08. The zero-order chi connectivity index (χ0) is 14.5. The van der Waals surface area contributed by atoms with Crippen molar-refractivity contribution in [3.63, 3.8) is 0 Å². The number of halogens is 1. The van der Waals surface area contributed by atoms with E-state index < -0.39 is 0 Å². The summed E-state index contributed by atoms with van der Waals surface area (Å²) in [5, 5.41) is 5.70. The largest absolute Gasteiger partial charge is 1.00 e. The van der Waals surface area contributed by atoms with Crippen molar-refractivity contribution in [3.8, 4) is 0 Å². The first-order chi connectivity index (χ1) is 8.78. The predicted octanol–water partition coefficient (Wildman–Crippen LogP) is -1.42. The smallest absolute Gasteiger partial charge is 0.319 e. The van der Waals surface area contributed by atoms with E-state index in [2.05, 4.69) is 31.8 Å². The molecular formula is C14H25IN4O. The van der Waals surface area contributed by atoms with E-state index in [1.165, 1.54) is 0 Å². The first-order valence-corrected chi connectivity index (χ1v) is 6.40. The highest BCUT2D eigenvalue weighted by atomic mass is 127. The van der Waals surface area contributed by atoms with Gasteiger partial charge in [-0.15, -0.1) is 0 Å². The SMILES string of the molecule is CN(C)c1cccc(NC(=O)NCC[N+](C)(C)C)c1.[I-]. The minimum Gasteiger partial charge on any atom is -1.00 e. The minimum atomic E-state index is -0.163. The fraction of sp³-hybridized carbons (Fsp3) is 0.500. The molecule has 0 unspecified atom stereocenters. The molecule has 2 amide bonds. The highest BCUT2D eigenvalue weighted by molar-refractivity contribution is 5.89. The van der Waals surface area contributed by atoms with Crippen LogP contribution >= 0.6 is 0 Å². The molecule has 1 aromatic rings. The Labute approximate surface area is 138 Å². The number of urea groups is 1. The average Bonchev–Trinajstić information content (AvgIpc) is 2.27. The standard InChI is InChI=1S/C14H24N4O.HI/c1-17(2)13-8-6-7-12(11-13)16-14(19)15-9-10-18(3,4)5;/h6-8,11H,9-10H2,1-5H3,(H-,15,16,19);1H. The van der Waals surface area contributed by atoms with Crippen LogP contribution in [0.15, 0.2) is 24.3 Å². The zero-order valence-corrected chi connectivity index (χ0v) is 15.1. The number of hydrogen-bond acceptors (Lipinski definition) is 2. The summed E-state index contributed by atoms with van der Waals surface area (Å²) in [6.07, 6.45) is 0. The first-order valence-electron chi connectivity index (χ1n) is 6.40. The zero-order valence-electron chi connectivity index (χ0n) is 12.9. The molecule has 0 saturated heterocycles. The van der Waals surface area contributed by atoms with E-state index in [9.17, 15) is 4.79 Å². The van der Waals surface area contributed by atoms with Crippen LogP contribution in [0.5, 0.6) is 0 Å². The first kappa shape index (κ1) is 19.0. The molecule has 0 heterocycles. The molecule has 0 atom stereocenters. The van der Waals surface area contributed by atoms with E-state index >= 15 is 0 Å². The normalized spacial score (nSPS) is 10.4. The van der Waals surface area contributed by atoms with Crippen LogP contribution in [-0.4, -0.2) is 58.8 Å². The Balaban J connectivity index is 0.00000361. The van der Waals surface area contributed by atoms with E-state index in [0.29, 0.717) is 6.54 Å². The molecule has 20 heavy (non-hydrogen) atoms. The topological polar surface area (TPSA) is 44.4 Å². The van der Waals surface area contributed by atoms with Crippen LogP contribution in [0.2, 0.25) is 0 Å². The van der Waals surface area contributed by atoms with Crippen molar-refractivity contribution >= 4 is 17.4 Å². The molecule has 0 fully saturated rings. The molecular weight excluding hydrogens is 367 g/mol. The Morgan fingerprint density at radius 3 is 2.45 bits per heavy atom. The van der Waals surface area contributed by atoms with Crippen LogP contribution in [0.25, 0.3) is 0 Å². The summed E-state index contributed by atoms with van der Waals surface area (Å²) in [6, 6.07) is 7.59. The van der Waals surface area contributed by atoms with Crippen molar-refractivity contribution in [1.29, 1.82) is 0 Å². The third kappa shape index (κ3) is 7.54. The predicted molar refractivity (Wildman–Crippen MR) is 80.7 cm³/mol. The molecule has 0 spiro atoms. The van der Waals surface area contributed by atoms with Gasteiger partial charge in [-0.2, -0.15) is 0 Å². The van der Waals surface area contributed by atoms with Crippen LogP contribution in [0.4, 0.5) is 16.2 Å². The maximum atomic E-state index is 11.7. The number of amides is 2. The van der Waals surface area contributed by atoms with Crippen molar-refractivity contribution in [2.24, 2.45) is 0 Å². The summed E-state index contributed by atoms with van der Waals surface area (Å²) in [4.78, 5) is 13.7. The van der Waals surface area contributed by atoms with Gasteiger partial charge in [-0.05, 0) is 18.2 Å². The molecule has 6 heteroatoms. The highest BCUT2D eigenvalue weighted by Crippen LogP contribution is 2.16. The molecule has 1 aromatic carbocycles. The van der Waals surface area contributed by atoms with Crippen LogP contribution in [0, 0.1) is 0 Å². The van der Waals surface area contributed by atoms with Gasteiger partial charge >= 0.3 is 6.03 Å². The number of likely N-dealkylation sites (N-methyl/N-ethyl adjacent to an activating group) is 1. The van der Waals surface area contributed by atoms with Crippen molar-refractivity contribution < 1.29 is 33.3 Å². The maximum absolute atomic E-state index is 11.7. The van der Waals surface area contributed by atoms with Gasteiger partial charge in [-0.1, -0.05) is 6.07 Å². The van der Waals surface area contributed by atoms with Gasteiger partial charge in [0.1, 0.15) is 0 Å². The van der Waals surface area contributed by atoms with Gasteiger partial charge < -0.3 is 44.0 Å². The molecule has 0 radical (unpaired) electrons. The van der Waals surface area contributed by atoms with E-state index in [1.807, 2.05) is 43.3 Å². The lowest BCUT2D eigenvalue weighted by Crippen LogP contribution is -3.00. The Hall–Kier alpha value is -1.02. The van der Waals surface area contributed by atoms with Crippen LogP contribution in [0.3, 0.4) is 0 Å². The number of quaternary nitrogens is 1. The fourth-order valence-corrected chi connectivity index (χ4v) is 1.54. The molecule has 0 aliphatic heterocycles. The Morgan fingerprint density at radius 2 is 1.90 bits per heavy atom. The van der Waals surface area contributed by atoms with Gasteiger partial charge in [0, 0.05) is 25.5 Å². The number of carbonyl (C=O) groups excluding carboxylic acids is 1. The van der Waals surface area contributed by atoms with E-state index in [0.717, 1.165) is 22.4 Å². The maximum Gasteiger partial charge on any atom is 0.319 e. The Kier molecular flexibility index (Phi) is 7.88. The molecule has 0 aliphatic carbocycles. The summed E-state index contributed by atoms with van der Waals surface area (Å²) in [5.41, 5.74) is 1.86. The van der Waals surface area contributed by atoms with Gasteiger partial charge in [0.05, 0.1) is 34.2 Å². The van der Waals surface area contributed by atoms with Gasteiger partial charge in [-0.3, -0.25) is 0 Å². The molecule has 0 aromatic heterocycles. The third-order valence-corrected chi connectivity index (χ3v) is 2.69. The second-order valence-electron chi connectivity index (χ2n) is 5.84. The Bertz CT molecular complexity index is 429. The fourth-order valence-electron chi connectivity index (χ4n) is 1.54. The van der Waals surface area contributed by atoms with Crippen molar-refractivity contribution in [2.45, 2.75) is 0 Å². The number of anilines is 2. The van der Waals surface area contributed by atoms with Gasteiger partial charge in [0.15, 0.2) is 0 Å². The third-order valence-electron chi connectivity index (χ3n) is 2.69.